The highest BCUT2D eigenvalue weighted by Gasteiger charge is 2.22. The lowest BCUT2D eigenvalue weighted by Gasteiger charge is -2.12. The lowest BCUT2D eigenvalue weighted by atomic mass is 10.3. The third kappa shape index (κ3) is 4.30. The van der Waals surface area contributed by atoms with Crippen molar-refractivity contribution in [3.05, 3.63) is 28.3 Å². The zero-order valence-corrected chi connectivity index (χ0v) is 12.5. The summed E-state index contributed by atoms with van der Waals surface area (Å²) in [7, 11) is -2.55. The molecule has 0 saturated heterocycles. The number of halogens is 1. The van der Waals surface area contributed by atoms with Crippen molar-refractivity contribution in [3.8, 4) is 5.75 Å². The van der Waals surface area contributed by atoms with Crippen LogP contribution in [0.25, 0.3) is 0 Å². The molecule has 3 N–H and O–H groups in total. The maximum atomic E-state index is 12.0. The molecule has 0 aromatic heterocycles. The summed E-state index contributed by atoms with van der Waals surface area (Å²) in [6.45, 7) is 1.75. The van der Waals surface area contributed by atoms with Gasteiger partial charge in [-0.05, 0) is 13.0 Å². The number of nitro benzene ring substituents is 1. The van der Waals surface area contributed by atoms with E-state index in [1.54, 1.807) is 6.92 Å². The zero-order chi connectivity index (χ0) is 14.6. The summed E-state index contributed by atoms with van der Waals surface area (Å²) in [6.07, 6.45) is 0. The molecule has 8 nitrogen and oxygen atoms in total. The van der Waals surface area contributed by atoms with Crippen LogP contribution in [0.5, 0.6) is 5.75 Å². The fraction of sp³-hybridized carbons (Fsp3) is 0.400. The molecule has 0 unspecified atom stereocenters. The van der Waals surface area contributed by atoms with Gasteiger partial charge in [-0.2, -0.15) is 0 Å². The lowest BCUT2D eigenvalue weighted by Crippen LogP contribution is -2.37. The molecule has 1 rings (SSSR count). The molecule has 10 heteroatoms. The van der Waals surface area contributed by atoms with Gasteiger partial charge in [0.25, 0.3) is 0 Å². The third-order valence-electron chi connectivity index (χ3n) is 2.37. The van der Waals surface area contributed by atoms with Crippen LogP contribution in [0.4, 0.5) is 5.69 Å². The molecule has 0 amide bonds. The Kier molecular flexibility index (Phi) is 6.86. The van der Waals surface area contributed by atoms with Gasteiger partial charge >= 0.3 is 5.69 Å². The summed E-state index contributed by atoms with van der Waals surface area (Å²) in [6, 6.07) is 2.89. The number of ether oxygens (including phenoxy) is 1. The highest BCUT2D eigenvalue weighted by Crippen LogP contribution is 2.29. The van der Waals surface area contributed by atoms with Crippen LogP contribution in [0.2, 0.25) is 0 Å². The molecule has 0 aliphatic rings. The second-order valence-electron chi connectivity index (χ2n) is 3.85. The number of methoxy groups -OCH3 is 1. The molecule has 114 valence electrons. The highest BCUT2D eigenvalue weighted by atomic mass is 35.5. The van der Waals surface area contributed by atoms with Crippen LogP contribution in [0, 0.1) is 10.1 Å². The van der Waals surface area contributed by atoms with E-state index in [1.807, 2.05) is 0 Å². The van der Waals surface area contributed by atoms with Gasteiger partial charge in [0.15, 0.2) is 5.75 Å². The van der Waals surface area contributed by atoms with E-state index in [4.69, 9.17) is 10.5 Å². The van der Waals surface area contributed by atoms with E-state index in [0.29, 0.717) is 0 Å². The zero-order valence-electron chi connectivity index (χ0n) is 10.9. The number of nitrogens with one attached hydrogen (secondary N) is 1. The van der Waals surface area contributed by atoms with Crippen molar-refractivity contribution >= 4 is 28.1 Å². The van der Waals surface area contributed by atoms with E-state index in [-0.39, 0.29) is 35.3 Å². The van der Waals surface area contributed by atoms with Gasteiger partial charge in [0.05, 0.1) is 16.9 Å². The average molecular weight is 326 g/mol. The number of benzene rings is 1. The number of hydrogen-bond acceptors (Lipinski definition) is 6. The predicted molar refractivity (Wildman–Crippen MR) is 75.7 cm³/mol. The maximum absolute atomic E-state index is 12.0. The first-order chi connectivity index (χ1) is 8.81. The Morgan fingerprint density at radius 3 is 2.55 bits per heavy atom. The van der Waals surface area contributed by atoms with Crippen LogP contribution >= 0.6 is 12.4 Å². The largest absolute Gasteiger partial charge is 0.490 e. The van der Waals surface area contributed by atoms with Gasteiger partial charge in [-0.1, -0.05) is 0 Å². The van der Waals surface area contributed by atoms with Crippen LogP contribution in [-0.2, 0) is 10.0 Å². The number of nitro groups is 1. The Hall–Kier alpha value is -1.42. The van der Waals surface area contributed by atoms with E-state index in [1.165, 1.54) is 7.11 Å². The van der Waals surface area contributed by atoms with Gasteiger partial charge in [-0.15, -0.1) is 12.4 Å². The lowest BCUT2D eigenvalue weighted by molar-refractivity contribution is -0.385. The summed E-state index contributed by atoms with van der Waals surface area (Å²) in [5.41, 5.74) is 5.04. The maximum Gasteiger partial charge on any atom is 0.310 e. The van der Waals surface area contributed by atoms with Crippen LogP contribution in [0.3, 0.4) is 0 Å². The van der Waals surface area contributed by atoms with Crippen LogP contribution in [0.1, 0.15) is 6.92 Å². The van der Waals surface area contributed by atoms with Gasteiger partial charge < -0.3 is 10.5 Å². The van der Waals surface area contributed by atoms with Crippen LogP contribution in [-0.4, -0.2) is 33.0 Å². The highest BCUT2D eigenvalue weighted by molar-refractivity contribution is 7.89. The topological polar surface area (TPSA) is 125 Å². The minimum absolute atomic E-state index is 0. The van der Waals surface area contributed by atoms with E-state index in [2.05, 4.69) is 4.72 Å². The summed E-state index contributed by atoms with van der Waals surface area (Å²) in [4.78, 5) is 9.95. The van der Waals surface area contributed by atoms with E-state index < -0.39 is 21.0 Å². The fourth-order valence-electron chi connectivity index (χ4n) is 1.36. The molecule has 0 radical (unpaired) electrons. The van der Waals surface area contributed by atoms with Crippen molar-refractivity contribution in [2.45, 2.75) is 17.9 Å². The van der Waals surface area contributed by atoms with E-state index in [0.717, 1.165) is 18.2 Å². The molecule has 0 bridgehead atoms. The van der Waals surface area contributed by atoms with Crippen molar-refractivity contribution in [1.29, 1.82) is 0 Å². The first-order valence-corrected chi connectivity index (χ1v) is 6.85. The monoisotopic (exact) mass is 325 g/mol. The third-order valence-corrected chi connectivity index (χ3v) is 3.96. The van der Waals surface area contributed by atoms with E-state index >= 15 is 0 Å². The van der Waals surface area contributed by atoms with Crippen molar-refractivity contribution < 1.29 is 18.1 Å². The molecule has 1 aromatic rings. The number of sulfonamides is 1. The quantitative estimate of drug-likeness (QED) is 0.584. The fourth-order valence-corrected chi connectivity index (χ4v) is 2.63. The van der Waals surface area contributed by atoms with Gasteiger partial charge in [-0.3, -0.25) is 10.1 Å². The van der Waals surface area contributed by atoms with Gasteiger partial charge in [-0.25, -0.2) is 13.1 Å². The van der Waals surface area contributed by atoms with Gasteiger partial charge in [0, 0.05) is 24.7 Å². The summed E-state index contributed by atoms with van der Waals surface area (Å²) >= 11 is 0. The molecule has 0 spiro atoms. The summed E-state index contributed by atoms with van der Waals surface area (Å²) < 4.78 is 31.1. The molecule has 20 heavy (non-hydrogen) atoms. The number of rotatable bonds is 6. The van der Waals surface area contributed by atoms with Gasteiger partial charge in [0.1, 0.15) is 0 Å². The first kappa shape index (κ1) is 18.6. The normalized spacial score (nSPS) is 12.3. The summed E-state index contributed by atoms with van der Waals surface area (Å²) in [5.74, 6) is -0.117. The molecule has 0 saturated carbocycles. The molecular weight excluding hydrogens is 310 g/mol. The summed E-state index contributed by atoms with van der Waals surface area (Å²) in [5, 5.41) is 10.7. The van der Waals surface area contributed by atoms with Gasteiger partial charge in [0.2, 0.25) is 10.0 Å². The average Bonchev–Trinajstić information content (AvgIpc) is 2.37. The van der Waals surface area contributed by atoms with Crippen molar-refractivity contribution in [2.75, 3.05) is 13.7 Å². The number of nitrogens with two attached hydrogens (primary N) is 1. The molecule has 0 aliphatic carbocycles. The van der Waals surface area contributed by atoms with E-state index in [9.17, 15) is 18.5 Å². The Balaban J connectivity index is 0.00000361. The number of hydrogen-bond donors (Lipinski definition) is 2. The molecule has 0 fully saturated rings. The minimum atomic E-state index is -3.78. The Labute approximate surface area is 122 Å². The van der Waals surface area contributed by atoms with Crippen molar-refractivity contribution in [2.24, 2.45) is 5.73 Å². The minimum Gasteiger partial charge on any atom is -0.490 e. The van der Waals surface area contributed by atoms with Crippen molar-refractivity contribution in [1.82, 2.24) is 4.72 Å². The van der Waals surface area contributed by atoms with Crippen LogP contribution < -0.4 is 15.2 Å². The molecule has 0 heterocycles. The Bertz CT molecular complexity index is 578. The van der Waals surface area contributed by atoms with Crippen LogP contribution in [0.15, 0.2) is 23.1 Å². The predicted octanol–water partition coefficient (Wildman–Crippen LogP) is 0.651. The van der Waals surface area contributed by atoms with Crippen molar-refractivity contribution in [3.63, 3.8) is 0 Å². The molecule has 1 atom stereocenters. The molecular formula is C10H16ClN3O5S. The Morgan fingerprint density at radius 2 is 2.10 bits per heavy atom. The molecule has 0 aliphatic heterocycles. The number of nitrogens with zero attached hydrogens (tertiary/aromatic N) is 1. The standard InChI is InChI=1S/C10H15N3O5S.ClH/c1-7(6-11)12-19(16,17)8-3-4-9(13(14)15)10(5-8)18-2;/h3-5,7,12H,6,11H2,1-2H3;1H/t7-;/m0./s1. The first-order valence-electron chi connectivity index (χ1n) is 5.36. The second-order valence-corrected chi connectivity index (χ2v) is 5.56. The smallest absolute Gasteiger partial charge is 0.310 e. The molecule has 1 aromatic carbocycles. The SMILES string of the molecule is COc1cc(S(=O)(=O)N[C@@H](C)CN)ccc1[N+](=O)[O-].Cl. The Morgan fingerprint density at radius 1 is 1.50 bits per heavy atom. The second kappa shape index (κ2) is 7.39.